The van der Waals surface area contributed by atoms with Crippen molar-refractivity contribution < 1.29 is 38.2 Å². The number of ketones is 1. The number of rotatable bonds is 26. The highest BCUT2D eigenvalue weighted by Crippen LogP contribution is 2.37. The molecule has 2 fully saturated rings. The number of aryl methyl sites for hydroxylation is 1. The van der Waals surface area contributed by atoms with Gasteiger partial charge in [0, 0.05) is 62.9 Å². The lowest BCUT2D eigenvalue weighted by Gasteiger charge is -2.36. The Bertz CT molecular complexity index is 3270. The average molecular weight is 1180 g/mol. The number of amides is 4. The third kappa shape index (κ3) is 17.7. The van der Waals surface area contributed by atoms with E-state index in [1.807, 2.05) is 41.4 Å². The molecule has 0 bridgehead atoms. The number of hydrogen-bond donors (Lipinski definition) is 5. The highest BCUT2D eigenvalue weighted by molar-refractivity contribution is 7.14. The lowest BCUT2D eigenvalue weighted by atomic mass is 9.83. The molecule has 23 heteroatoms. The molecule has 6 aromatic rings. The molecular formula is C62H78N14O8S. The topological polar surface area (TPSA) is 276 Å². The summed E-state index contributed by atoms with van der Waals surface area (Å²) in [5, 5.41) is 35.2. The predicted molar refractivity (Wildman–Crippen MR) is 323 cm³/mol. The zero-order chi connectivity index (χ0) is 60.5. The Morgan fingerprint density at radius 3 is 2.38 bits per heavy atom. The minimum absolute atomic E-state index is 0.0427. The van der Waals surface area contributed by atoms with Gasteiger partial charge in [-0.15, -0.1) is 16.4 Å². The Kier molecular flexibility index (Phi) is 21.9. The van der Waals surface area contributed by atoms with E-state index < -0.39 is 29.7 Å². The summed E-state index contributed by atoms with van der Waals surface area (Å²) in [7, 11) is 3.15. The van der Waals surface area contributed by atoms with E-state index in [9.17, 15) is 24.0 Å². The molecular weight excluding hydrogens is 1100 g/mol. The van der Waals surface area contributed by atoms with Gasteiger partial charge in [0.25, 0.3) is 5.91 Å². The molecule has 1 aliphatic heterocycles. The number of aromatic nitrogens is 6. The van der Waals surface area contributed by atoms with Crippen molar-refractivity contribution in [2.75, 3.05) is 39.1 Å². The van der Waals surface area contributed by atoms with Gasteiger partial charge in [0.15, 0.2) is 5.84 Å². The molecule has 0 spiro atoms. The second-order valence-corrected chi connectivity index (χ2v) is 23.6. The highest BCUT2D eigenvalue weighted by Gasteiger charge is 2.41. The van der Waals surface area contributed by atoms with Crippen LogP contribution < -0.4 is 25.4 Å². The third-order valence-corrected chi connectivity index (χ3v) is 16.1. The fraction of sp³-hybridized carbons (Fsp3) is 0.452. The number of nitrogens with zero attached hydrogens (tertiary/aromatic N) is 9. The molecule has 85 heavy (non-hydrogen) atoms. The normalized spacial score (nSPS) is 15.0. The number of likely N-dealkylation sites (N-methyl/N-ethyl adjacent to an activating group) is 2. The Morgan fingerprint density at radius 2 is 1.60 bits per heavy atom. The second-order valence-electron chi connectivity index (χ2n) is 22.5. The van der Waals surface area contributed by atoms with E-state index in [0.29, 0.717) is 76.5 Å². The summed E-state index contributed by atoms with van der Waals surface area (Å²) < 4.78 is 19.4. The van der Waals surface area contributed by atoms with Crippen molar-refractivity contribution in [2.45, 2.75) is 142 Å². The number of anilines is 1. The van der Waals surface area contributed by atoms with E-state index in [1.54, 1.807) is 100 Å². The van der Waals surface area contributed by atoms with Crippen LogP contribution in [0, 0.1) is 16.7 Å². The number of nitrogens with one attached hydrogen (secondary N) is 5. The number of benzene rings is 3. The van der Waals surface area contributed by atoms with Crippen molar-refractivity contribution in [1.82, 2.24) is 55.3 Å². The zero-order valence-corrected chi connectivity index (χ0v) is 50.2. The van der Waals surface area contributed by atoms with Gasteiger partial charge in [0.05, 0.1) is 30.3 Å². The molecule has 1 aliphatic carbocycles. The molecule has 3 atom stereocenters. The van der Waals surface area contributed by atoms with Gasteiger partial charge in [0.2, 0.25) is 17.6 Å². The molecule has 4 amide bonds. The molecule has 3 aromatic heterocycles. The van der Waals surface area contributed by atoms with Gasteiger partial charge in [-0.05, 0) is 133 Å². The van der Waals surface area contributed by atoms with E-state index >= 15 is 0 Å². The number of hydrogen-bond acceptors (Lipinski definition) is 17. The Balaban J connectivity index is 0.732. The number of thiazole rings is 1. The summed E-state index contributed by atoms with van der Waals surface area (Å²) in [6.45, 7) is 9.31. The second kappa shape index (κ2) is 29.8. The summed E-state index contributed by atoms with van der Waals surface area (Å²) in [5.74, 6) is 0.395. The van der Waals surface area contributed by atoms with Crippen molar-refractivity contribution in [3.05, 3.63) is 142 Å². The summed E-state index contributed by atoms with van der Waals surface area (Å²) in [5.41, 5.74) is 2.82. The van der Waals surface area contributed by atoms with Gasteiger partial charge in [-0.3, -0.25) is 39.6 Å². The Labute approximate surface area is 500 Å². The zero-order valence-electron chi connectivity index (χ0n) is 49.3. The Hall–Kier alpha value is -8.60. The van der Waals surface area contributed by atoms with Crippen molar-refractivity contribution in [1.29, 1.82) is 10.8 Å². The fourth-order valence-corrected chi connectivity index (χ4v) is 11.1. The van der Waals surface area contributed by atoms with Crippen LogP contribution in [0.25, 0.3) is 0 Å². The summed E-state index contributed by atoms with van der Waals surface area (Å²) in [4.78, 5) is 85.7. The third-order valence-electron chi connectivity index (χ3n) is 15.0. The largest absolute Gasteiger partial charge is 0.494 e. The first-order valence-electron chi connectivity index (χ1n) is 29.1. The summed E-state index contributed by atoms with van der Waals surface area (Å²) >= 11 is 1.28. The maximum atomic E-state index is 14.6. The monoisotopic (exact) mass is 1180 g/mol. The van der Waals surface area contributed by atoms with Crippen LogP contribution in [0.3, 0.4) is 0 Å². The van der Waals surface area contributed by atoms with E-state index in [1.165, 1.54) is 34.5 Å². The van der Waals surface area contributed by atoms with Crippen molar-refractivity contribution >= 4 is 58.3 Å². The average Bonchev–Trinajstić information content (AvgIpc) is 4.41. The lowest BCUT2D eigenvalue weighted by molar-refractivity contribution is -0.140. The van der Waals surface area contributed by atoms with Crippen molar-refractivity contribution in [3.63, 3.8) is 0 Å². The van der Waals surface area contributed by atoms with E-state index in [2.05, 4.69) is 41.2 Å². The lowest BCUT2D eigenvalue weighted by Crippen LogP contribution is -2.56. The number of amidine groups is 2. The number of carbonyl (C=O) groups excluding carboxylic acids is 5. The van der Waals surface area contributed by atoms with Crippen molar-refractivity contribution in [3.8, 4) is 11.5 Å². The number of likely N-dealkylation sites (tertiary alicyclic amines) is 1. The molecule has 3 aromatic carbocycles. The van der Waals surface area contributed by atoms with Crippen LogP contribution in [0.2, 0.25) is 0 Å². The minimum Gasteiger partial charge on any atom is -0.494 e. The molecule has 8 rings (SSSR count). The minimum atomic E-state index is -0.869. The van der Waals surface area contributed by atoms with Crippen LogP contribution in [0.5, 0.6) is 11.5 Å². The van der Waals surface area contributed by atoms with Crippen LogP contribution in [0.4, 0.5) is 10.5 Å². The van der Waals surface area contributed by atoms with E-state index in [0.717, 1.165) is 75.5 Å². The van der Waals surface area contributed by atoms with Gasteiger partial charge in [-0.2, -0.15) is 0 Å². The maximum absolute atomic E-state index is 14.6. The first kappa shape index (κ1) is 62.4. The predicted octanol–water partition coefficient (Wildman–Crippen LogP) is 9.23. The molecule has 22 nitrogen and oxygen atoms in total. The SMILES string of the molecule is C[C@@H](C(=O)N[C@H](C(=O)N1CCC[C@H]1c1ncc(C(=O)c2cccc(OCc3cn(CCCCCCOc4cccc(CNC(=O)c5cccc(NCC(=N)N(C)C(=N)c6ccncn6)c5)c4)nn3)c2)s1)C1CCCCC1)N(C)C(=O)OC(C)(C)C. The van der Waals surface area contributed by atoms with E-state index in [-0.39, 0.29) is 54.4 Å². The number of ether oxygens (including phenoxy) is 3. The Morgan fingerprint density at radius 1 is 0.847 bits per heavy atom. The first-order chi connectivity index (χ1) is 40.9. The van der Waals surface area contributed by atoms with E-state index in [4.69, 9.17) is 25.0 Å². The highest BCUT2D eigenvalue weighted by atomic mass is 32.1. The molecule has 0 unspecified atom stereocenters. The fourth-order valence-electron chi connectivity index (χ4n) is 10.1. The summed E-state index contributed by atoms with van der Waals surface area (Å²) in [6, 6.07) is 21.4. The number of unbranched alkanes of at least 4 members (excludes halogenated alkanes) is 3. The van der Waals surface area contributed by atoms with Gasteiger partial charge < -0.3 is 40.0 Å². The van der Waals surface area contributed by atoms with Crippen LogP contribution >= 0.6 is 11.3 Å². The van der Waals surface area contributed by atoms with Gasteiger partial charge in [0.1, 0.15) is 64.3 Å². The molecule has 0 radical (unpaired) electrons. The van der Waals surface area contributed by atoms with Gasteiger partial charge in [-0.1, -0.05) is 61.2 Å². The number of carbonyl (C=O) groups is 5. The maximum Gasteiger partial charge on any atom is 0.410 e. The molecule has 1 saturated carbocycles. The molecule has 450 valence electrons. The quantitative estimate of drug-likeness (QED) is 0.0146. The molecule has 2 aliphatic rings. The van der Waals surface area contributed by atoms with Gasteiger partial charge >= 0.3 is 6.09 Å². The van der Waals surface area contributed by atoms with Crippen LogP contribution in [0.1, 0.15) is 152 Å². The standard InChI is InChI=1S/C62H78N14O8S/c1-41(73(5)61(81)84-62(2,3)4)57(78)70-54(43-19-10-9-11-20-43)60(80)76-30-17-26-51(76)59-68-36-52(85-59)55(77)44-21-16-25-49(34-44)83-39-47-38-75(72-71-47)29-12-7-8-13-31-82-48-24-14-18-42(32-48)35-67-58(79)45-22-15-23-46(33-45)66-37-53(63)74(6)56(64)50-27-28-65-40-69-50/h14-16,18,21-25,27-28,32-34,36,38,40-41,43,51,54,63-64,66H,7-13,17,19-20,26,29-31,35,37,39H2,1-6H3,(H,67,79)(H,70,78)/t41-,51-,54-/m0/s1. The van der Waals surface area contributed by atoms with Crippen LogP contribution in [-0.4, -0.2) is 137 Å². The molecule has 1 saturated heterocycles. The van der Waals surface area contributed by atoms with Crippen LogP contribution in [0.15, 0.2) is 104 Å². The van der Waals surface area contributed by atoms with Crippen molar-refractivity contribution in [2.24, 2.45) is 5.92 Å². The van der Waals surface area contributed by atoms with Gasteiger partial charge in [-0.25, -0.2) is 19.7 Å². The summed E-state index contributed by atoms with van der Waals surface area (Å²) in [6.07, 6.45) is 15.5. The molecule has 5 N–H and O–H groups in total. The first-order valence-corrected chi connectivity index (χ1v) is 29.9. The molecule has 4 heterocycles. The smallest absolute Gasteiger partial charge is 0.410 e. The van der Waals surface area contributed by atoms with Crippen LogP contribution in [-0.2, 0) is 34.0 Å².